The Kier molecular flexibility index (Phi) is 3.89. The second kappa shape index (κ2) is 5.68. The number of nitrogens with one attached hydrogen (secondary N) is 1. The summed E-state index contributed by atoms with van der Waals surface area (Å²) in [6.45, 7) is 1.90. The standard InChI is InChI=1S/C16H19ClN2O2/c1-10-12(17)7-4-8-13(10)18-14-9-15(20)19(16(14)21)11-5-2-3-6-11/h4,7-8,11,14,18H,2-3,5-6,9H2,1H3. The quantitative estimate of drug-likeness (QED) is 0.873. The van der Waals surface area contributed by atoms with Crippen molar-refractivity contribution in [2.24, 2.45) is 0 Å². The number of nitrogens with zero attached hydrogens (tertiary/aromatic N) is 1. The van der Waals surface area contributed by atoms with Crippen molar-refractivity contribution in [3.63, 3.8) is 0 Å². The fourth-order valence-electron chi connectivity index (χ4n) is 3.26. The third-order valence-electron chi connectivity index (χ3n) is 4.47. The van der Waals surface area contributed by atoms with Gasteiger partial charge in [-0.05, 0) is 37.5 Å². The molecule has 4 nitrogen and oxygen atoms in total. The number of carbonyl (C=O) groups is 2. The van der Waals surface area contributed by atoms with Crippen LogP contribution >= 0.6 is 11.6 Å². The van der Waals surface area contributed by atoms with Gasteiger partial charge in [-0.15, -0.1) is 0 Å². The summed E-state index contributed by atoms with van der Waals surface area (Å²) in [5.74, 6) is -0.143. The third kappa shape index (κ3) is 2.64. The van der Waals surface area contributed by atoms with E-state index < -0.39 is 6.04 Å². The van der Waals surface area contributed by atoms with E-state index in [2.05, 4.69) is 5.32 Å². The van der Waals surface area contributed by atoms with Crippen molar-refractivity contribution in [3.05, 3.63) is 28.8 Å². The fraction of sp³-hybridized carbons (Fsp3) is 0.500. The number of rotatable bonds is 3. The molecule has 21 heavy (non-hydrogen) atoms. The number of imide groups is 1. The topological polar surface area (TPSA) is 49.4 Å². The highest BCUT2D eigenvalue weighted by atomic mass is 35.5. The third-order valence-corrected chi connectivity index (χ3v) is 4.88. The summed E-state index contributed by atoms with van der Waals surface area (Å²) in [6.07, 6.45) is 4.34. The molecule has 1 aromatic carbocycles. The van der Waals surface area contributed by atoms with E-state index in [0.29, 0.717) is 5.02 Å². The average Bonchev–Trinajstić information content (AvgIpc) is 3.04. The number of carbonyl (C=O) groups excluding carboxylic acids is 2. The van der Waals surface area contributed by atoms with Crippen LogP contribution in [0.3, 0.4) is 0 Å². The van der Waals surface area contributed by atoms with Gasteiger partial charge < -0.3 is 5.32 Å². The van der Waals surface area contributed by atoms with Crippen LogP contribution in [0.4, 0.5) is 5.69 Å². The second-order valence-electron chi connectivity index (χ2n) is 5.85. The molecular weight excluding hydrogens is 288 g/mol. The van der Waals surface area contributed by atoms with E-state index in [4.69, 9.17) is 11.6 Å². The molecule has 0 bridgehead atoms. The van der Waals surface area contributed by atoms with E-state index in [0.717, 1.165) is 36.9 Å². The van der Waals surface area contributed by atoms with Crippen LogP contribution in [0.25, 0.3) is 0 Å². The van der Waals surface area contributed by atoms with Crippen LogP contribution in [0.2, 0.25) is 5.02 Å². The molecule has 3 rings (SSSR count). The molecule has 2 aliphatic rings. The van der Waals surface area contributed by atoms with Crippen LogP contribution in [-0.4, -0.2) is 28.8 Å². The van der Waals surface area contributed by atoms with Gasteiger partial charge in [0.1, 0.15) is 6.04 Å². The zero-order chi connectivity index (χ0) is 15.0. The summed E-state index contributed by atoms with van der Waals surface area (Å²) in [5, 5.41) is 3.84. The van der Waals surface area contributed by atoms with E-state index in [1.54, 1.807) is 0 Å². The number of halogens is 1. The molecule has 0 spiro atoms. The summed E-state index contributed by atoms with van der Waals surface area (Å²) >= 11 is 6.09. The van der Waals surface area contributed by atoms with Gasteiger partial charge in [0.15, 0.2) is 0 Å². The number of hydrogen-bond donors (Lipinski definition) is 1. The molecule has 1 aromatic rings. The van der Waals surface area contributed by atoms with Crippen molar-refractivity contribution in [1.29, 1.82) is 0 Å². The van der Waals surface area contributed by atoms with E-state index in [1.165, 1.54) is 4.90 Å². The predicted octanol–water partition coefficient (Wildman–Crippen LogP) is 3.13. The average molecular weight is 307 g/mol. The predicted molar refractivity (Wildman–Crippen MR) is 82.3 cm³/mol. The minimum atomic E-state index is -0.463. The lowest BCUT2D eigenvalue weighted by Gasteiger charge is -2.22. The molecule has 5 heteroatoms. The van der Waals surface area contributed by atoms with Crippen molar-refractivity contribution in [1.82, 2.24) is 4.90 Å². The van der Waals surface area contributed by atoms with Gasteiger partial charge in [-0.2, -0.15) is 0 Å². The van der Waals surface area contributed by atoms with Gasteiger partial charge in [0.2, 0.25) is 5.91 Å². The van der Waals surface area contributed by atoms with Crippen LogP contribution < -0.4 is 5.32 Å². The SMILES string of the molecule is Cc1c(Cl)cccc1NC1CC(=O)N(C2CCCC2)C1=O. The zero-order valence-corrected chi connectivity index (χ0v) is 12.8. The Morgan fingerprint density at radius 2 is 1.95 bits per heavy atom. The molecule has 2 amide bonds. The molecule has 2 fully saturated rings. The molecule has 0 radical (unpaired) electrons. The van der Waals surface area contributed by atoms with Crippen molar-refractivity contribution >= 4 is 29.1 Å². The van der Waals surface area contributed by atoms with Gasteiger partial charge in [0.05, 0.1) is 6.42 Å². The van der Waals surface area contributed by atoms with Crippen LogP contribution in [0, 0.1) is 6.92 Å². The minimum Gasteiger partial charge on any atom is -0.373 e. The smallest absolute Gasteiger partial charge is 0.252 e. The summed E-state index contributed by atoms with van der Waals surface area (Å²) in [5.41, 5.74) is 1.72. The zero-order valence-electron chi connectivity index (χ0n) is 12.1. The summed E-state index contributed by atoms with van der Waals surface area (Å²) in [6, 6.07) is 5.19. The van der Waals surface area contributed by atoms with Crippen LogP contribution in [-0.2, 0) is 9.59 Å². The molecule has 1 saturated heterocycles. The van der Waals surface area contributed by atoms with E-state index in [1.807, 2.05) is 25.1 Å². The molecule has 1 aliphatic heterocycles. The normalized spacial score (nSPS) is 23.1. The Labute approximate surface area is 129 Å². The Bertz CT molecular complexity index is 582. The summed E-state index contributed by atoms with van der Waals surface area (Å²) < 4.78 is 0. The monoisotopic (exact) mass is 306 g/mol. The van der Waals surface area contributed by atoms with Crippen molar-refractivity contribution in [3.8, 4) is 0 Å². The molecule has 1 saturated carbocycles. The molecule has 112 valence electrons. The first kappa shape index (κ1) is 14.4. The summed E-state index contributed by atoms with van der Waals surface area (Å²) in [7, 11) is 0. The molecule has 1 atom stereocenters. The first-order chi connectivity index (χ1) is 10.1. The van der Waals surface area contributed by atoms with E-state index in [-0.39, 0.29) is 24.3 Å². The lowest BCUT2D eigenvalue weighted by atomic mass is 10.1. The van der Waals surface area contributed by atoms with E-state index in [9.17, 15) is 9.59 Å². The molecule has 0 aromatic heterocycles. The first-order valence-electron chi connectivity index (χ1n) is 7.45. The first-order valence-corrected chi connectivity index (χ1v) is 7.83. The number of likely N-dealkylation sites (tertiary alicyclic amines) is 1. The molecule has 1 heterocycles. The highest BCUT2D eigenvalue weighted by Gasteiger charge is 2.43. The highest BCUT2D eigenvalue weighted by Crippen LogP contribution is 2.30. The molecular formula is C16H19ClN2O2. The number of hydrogen-bond acceptors (Lipinski definition) is 3. The van der Waals surface area contributed by atoms with Gasteiger partial charge in [0, 0.05) is 16.8 Å². The van der Waals surface area contributed by atoms with Gasteiger partial charge in [-0.3, -0.25) is 14.5 Å². The fourth-order valence-corrected chi connectivity index (χ4v) is 3.44. The maximum atomic E-state index is 12.5. The Morgan fingerprint density at radius 1 is 1.24 bits per heavy atom. The van der Waals surface area contributed by atoms with Gasteiger partial charge in [-0.1, -0.05) is 30.5 Å². The lowest BCUT2D eigenvalue weighted by molar-refractivity contribution is -0.141. The number of benzene rings is 1. The molecule has 1 N–H and O–H groups in total. The van der Waals surface area contributed by atoms with Gasteiger partial charge >= 0.3 is 0 Å². The van der Waals surface area contributed by atoms with E-state index >= 15 is 0 Å². The molecule has 1 aliphatic carbocycles. The van der Waals surface area contributed by atoms with Crippen molar-refractivity contribution in [2.45, 2.75) is 51.1 Å². The van der Waals surface area contributed by atoms with Gasteiger partial charge in [-0.25, -0.2) is 0 Å². The van der Waals surface area contributed by atoms with Crippen molar-refractivity contribution < 1.29 is 9.59 Å². The highest BCUT2D eigenvalue weighted by molar-refractivity contribution is 6.31. The van der Waals surface area contributed by atoms with Crippen molar-refractivity contribution in [2.75, 3.05) is 5.32 Å². The number of amides is 2. The molecule has 1 unspecified atom stereocenters. The Hall–Kier alpha value is -1.55. The number of anilines is 1. The second-order valence-corrected chi connectivity index (χ2v) is 6.26. The summed E-state index contributed by atoms with van der Waals surface area (Å²) in [4.78, 5) is 26.2. The van der Waals surface area contributed by atoms with Gasteiger partial charge in [0.25, 0.3) is 5.91 Å². The minimum absolute atomic E-state index is 0.0518. The van der Waals surface area contributed by atoms with Crippen LogP contribution in [0.15, 0.2) is 18.2 Å². The maximum absolute atomic E-state index is 12.5. The Balaban J connectivity index is 1.76. The Morgan fingerprint density at radius 3 is 2.67 bits per heavy atom. The van der Waals surface area contributed by atoms with Crippen LogP contribution in [0.1, 0.15) is 37.7 Å². The lowest BCUT2D eigenvalue weighted by Crippen LogP contribution is -2.41. The van der Waals surface area contributed by atoms with Crippen LogP contribution in [0.5, 0.6) is 0 Å². The largest absolute Gasteiger partial charge is 0.373 e. The maximum Gasteiger partial charge on any atom is 0.252 e.